The first-order chi connectivity index (χ1) is 6.81. The molecule has 1 aromatic rings. The molecule has 2 N–H and O–H groups in total. The van der Waals surface area contributed by atoms with Crippen LogP contribution in [0, 0.1) is 0 Å². The van der Waals surface area contributed by atoms with E-state index in [-0.39, 0.29) is 6.10 Å². The molecule has 14 heavy (non-hydrogen) atoms. The van der Waals surface area contributed by atoms with Crippen LogP contribution in [0.5, 0.6) is 11.5 Å². The summed E-state index contributed by atoms with van der Waals surface area (Å²) in [6.45, 7) is 3.23. The van der Waals surface area contributed by atoms with Gasteiger partial charge >= 0.3 is 0 Å². The molecule has 1 aliphatic heterocycles. The van der Waals surface area contributed by atoms with Crippen LogP contribution in [0.15, 0.2) is 18.2 Å². The summed E-state index contributed by atoms with van der Waals surface area (Å²) in [5.74, 6) is 1.71. The molecular formula is C11H15NO2. The van der Waals surface area contributed by atoms with Gasteiger partial charge in [-0.3, -0.25) is 0 Å². The van der Waals surface area contributed by atoms with E-state index in [1.165, 1.54) is 5.56 Å². The molecule has 3 heteroatoms. The number of rotatable bonds is 3. The molecule has 3 nitrogen and oxygen atoms in total. The van der Waals surface area contributed by atoms with Gasteiger partial charge in [0.1, 0.15) is 6.10 Å². The topological polar surface area (TPSA) is 44.5 Å². The molecule has 0 saturated heterocycles. The van der Waals surface area contributed by atoms with Crippen molar-refractivity contribution >= 4 is 0 Å². The third-order valence-corrected chi connectivity index (χ3v) is 2.34. The Hall–Kier alpha value is -1.22. The number of benzene rings is 1. The van der Waals surface area contributed by atoms with Crippen molar-refractivity contribution in [1.29, 1.82) is 0 Å². The fourth-order valence-electron chi connectivity index (χ4n) is 1.54. The average Bonchev–Trinajstić information content (AvgIpc) is 2.66. The van der Waals surface area contributed by atoms with Crippen LogP contribution in [0.2, 0.25) is 0 Å². The Morgan fingerprint density at radius 3 is 3.21 bits per heavy atom. The average molecular weight is 193 g/mol. The molecule has 0 aromatic heterocycles. The van der Waals surface area contributed by atoms with Gasteiger partial charge in [0.05, 0.1) is 6.61 Å². The fraction of sp³-hybridized carbons (Fsp3) is 0.455. The zero-order chi connectivity index (χ0) is 9.97. The summed E-state index contributed by atoms with van der Waals surface area (Å²) >= 11 is 0. The summed E-state index contributed by atoms with van der Waals surface area (Å²) in [7, 11) is 0. The Bertz CT molecular complexity index is 325. The van der Waals surface area contributed by atoms with Gasteiger partial charge in [0.25, 0.3) is 0 Å². The summed E-state index contributed by atoms with van der Waals surface area (Å²) in [6, 6.07) is 5.99. The first-order valence-electron chi connectivity index (χ1n) is 4.92. The van der Waals surface area contributed by atoms with Gasteiger partial charge in [-0.1, -0.05) is 12.1 Å². The van der Waals surface area contributed by atoms with E-state index >= 15 is 0 Å². The predicted octanol–water partition coefficient (Wildman–Crippen LogP) is 1.35. The zero-order valence-corrected chi connectivity index (χ0v) is 8.32. The van der Waals surface area contributed by atoms with Crippen LogP contribution in [0.1, 0.15) is 12.5 Å². The van der Waals surface area contributed by atoms with Crippen LogP contribution in [0.25, 0.3) is 0 Å². The first kappa shape index (κ1) is 9.34. The molecule has 0 bridgehead atoms. The van der Waals surface area contributed by atoms with E-state index in [0.717, 1.165) is 24.5 Å². The molecule has 1 unspecified atom stereocenters. The lowest BCUT2D eigenvalue weighted by Gasteiger charge is -2.14. The Morgan fingerprint density at radius 2 is 2.43 bits per heavy atom. The molecule has 0 amide bonds. The summed E-state index contributed by atoms with van der Waals surface area (Å²) in [4.78, 5) is 0. The van der Waals surface area contributed by atoms with Crippen LogP contribution in [-0.4, -0.2) is 19.3 Å². The predicted molar refractivity (Wildman–Crippen MR) is 54.8 cm³/mol. The molecular weight excluding hydrogens is 178 g/mol. The highest BCUT2D eigenvalue weighted by Crippen LogP contribution is 2.35. The molecule has 1 atom stereocenters. The SMILES string of the molecule is CC(CN)Oc1cccc2c1OCC2. The Balaban J connectivity index is 2.22. The van der Waals surface area contributed by atoms with Gasteiger partial charge in [0.15, 0.2) is 11.5 Å². The lowest BCUT2D eigenvalue weighted by Crippen LogP contribution is -2.22. The van der Waals surface area contributed by atoms with E-state index in [9.17, 15) is 0 Å². The lowest BCUT2D eigenvalue weighted by molar-refractivity contribution is 0.217. The van der Waals surface area contributed by atoms with Crippen LogP contribution in [-0.2, 0) is 6.42 Å². The largest absolute Gasteiger partial charge is 0.489 e. The molecule has 0 radical (unpaired) electrons. The van der Waals surface area contributed by atoms with Crippen molar-refractivity contribution < 1.29 is 9.47 Å². The number of para-hydroxylation sites is 1. The highest BCUT2D eigenvalue weighted by molar-refractivity contribution is 5.48. The minimum absolute atomic E-state index is 0.0331. The molecule has 2 rings (SSSR count). The van der Waals surface area contributed by atoms with Crippen molar-refractivity contribution in [3.63, 3.8) is 0 Å². The van der Waals surface area contributed by atoms with E-state index in [0.29, 0.717) is 6.54 Å². The molecule has 76 valence electrons. The maximum Gasteiger partial charge on any atom is 0.164 e. The van der Waals surface area contributed by atoms with Crippen molar-refractivity contribution in [3.05, 3.63) is 23.8 Å². The molecule has 0 fully saturated rings. The van der Waals surface area contributed by atoms with Crippen LogP contribution in [0.4, 0.5) is 0 Å². The maximum absolute atomic E-state index is 5.66. The third kappa shape index (κ3) is 1.68. The van der Waals surface area contributed by atoms with E-state index in [1.54, 1.807) is 0 Å². The molecule has 1 heterocycles. The maximum atomic E-state index is 5.66. The van der Waals surface area contributed by atoms with Gasteiger partial charge in [0, 0.05) is 18.5 Å². The highest BCUT2D eigenvalue weighted by atomic mass is 16.5. The van der Waals surface area contributed by atoms with Crippen molar-refractivity contribution in [2.45, 2.75) is 19.4 Å². The molecule has 1 aromatic carbocycles. The molecule has 1 aliphatic rings. The van der Waals surface area contributed by atoms with Gasteiger partial charge in [-0.15, -0.1) is 0 Å². The quantitative estimate of drug-likeness (QED) is 0.788. The van der Waals surface area contributed by atoms with Gasteiger partial charge in [-0.05, 0) is 13.0 Å². The summed E-state index contributed by atoms with van der Waals surface area (Å²) in [5, 5.41) is 0. The Labute approximate surface area is 83.8 Å². The Kier molecular flexibility index (Phi) is 2.59. The second-order valence-electron chi connectivity index (χ2n) is 3.51. The van der Waals surface area contributed by atoms with E-state index < -0.39 is 0 Å². The summed E-state index contributed by atoms with van der Waals surface area (Å²) < 4.78 is 11.2. The lowest BCUT2D eigenvalue weighted by atomic mass is 10.1. The number of hydrogen-bond donors (Lipinski definition) is 1. The molecule has 0 spiro atoms. The highest BCUT2D eigenvalue weighted by Gasteiger charge is 2.17. The number of nitrogens with two attached hydrogens (primary N) is 1. The van der Waals surface area contributed by atoms with Gasteiger partial charge in [-0.25, -0.2) is 0 Å². The van der Waals surface area contributed by atoms with Crippen molar-refractivity contribution in [2.24, 2.45) is 5.73 Å². The zero-order valence-electron chi connectivity index (χ0n) is 8.32. The fourth-order valence-corrected chi connectivity index (χ4v) is 1.54. The van der Waals surface area contributed by atoms with Crippen molar-refractivity contribution in [2.75, 3.05) is 13.2 Å². The minimum atomic E-state index is 0.0331. The van der Waals surface area contributed by atoms with Gasteiger partial charge < -0.3 is 15.2 Å². The number of fused-ring (bicyclic) bond motifs is 1. The van der Waals surface area contributed by atoms with Crippen LogP contribution >= 0.6 is 0 Å². The van der Waals surface area contributed by atoms with Crippen LogP contribution < -0.4 is 15.2 Å². The van der Waals surface area contributed by atoms with Gasteiger partial charge in [0.2, 0.25) is 0 Å². The number of hydrogen-bond acceptors (Lipinski definition) is 3. The smallest absolute Gasteiger partial charge is 0.164 e. The van der Waals surface area contributed by atoms with Gasteiger partial charge in [-0.2, -0.15) is 0 Å². The second-order valence-corrected chi connectivity index (χ2v) is 3.51. The normalized spacial score (nSPS) is 15.9. The van der Waals surface area contributed by atoms with E-state index in [1.807, 2.05) is 19.1 Å². The third-order valence-electron chi connectivity index (χ3n) is 2.34. The minimum Gasteiger partial charge on any atom is -0.489 e. The summed E-state index contributed by atoms with van der Waals surface area (Å²) in [6.07, 6.45) is 1.01. The van der Waals surface area contributed by atoms with E-state index in [4.69, 9.17) is 15.2 Å². The standard InChI is InChI=1S/C11H15NO2/c1-8(7-12)14-10-4-2-3-9-5-6-13-11(9)10/h2-4,8H,5-7,12H2,1H3. The van der Waals surface area contributed by atoms with Crippen molar-refractivity contribution in [1.82, 2.24) is 0 Å². The molecule has 0 aliphatic carbocycles. The first-order valence-corrected chi connectivity index (χ1v) is 4.92. The molecule has 0 saturated carbocycles. The monoisotopic (exact) mass is 193 g/mol. The Morgan fingerprint density at radius 1 is 1.57 bits per heavy atom. The summed E-state index contributed by atoms with van der Waals surface area (Å²) in [5.41, 5.74) is 6.73. The van der Waals surface area contributed by atoms with E-state index in [2.05, 4.69) is 6.07 Å². The van der Waals surface area contributed by atoms with Crippen LogP contribution in [0.3, 0.4) is 0 Å². The number of ether oxygens (including phenoxy) is 2. The second kappa shape index (κ2) is 3.88. The van der Waals surface area contributed by atoms with Crippen molar-refractivity contribution in [3.8, 4) is 11.5 Å².